The number of halogens is 1. The Bertz CT molecular complexity index is 528. The van der Waals surface area contributed by atoms with Crippen LogP contribution in [0.1, 0.15) is 23.2 Å². The minimum atomic E-state index is -1.22. The molecule has 1 fully saturated rings. The van der Waals surface area contributed by atoms with Crippen molar-refractivity contribution in [1.29, 1.82) is 0 Å². The lowest BCUT2D eigenvalue weighted by atomic mass is 10.1. The van der Waals surface area contributed by atoms with E-state index in [1.54, 1.807) is 4.90 Å². The number of nitrogens with zero attached hydrogens (tertiary/aromatic N) is 1. The van der Waals surface area contributed by atoms with E-state index in [4.69, 9.17) is 10.8 Å². The summed E-state index contributed by atoms with van der Waals surface area (Å²) in [7, 11) is 0. The number of hydrogen-bond donors (Lipinski definition) is 3. The summed E-state index contributed by atoms with van der Waals surface area (Å²) in [6.07, 6.45) is 1.43. The van der Waals surface area contributed by atoms with Gasteiger partial charge in [0.2, 0.25) is 0 Å². The average Bonchev–Trinajstić information content (AvgIpc) is 2.41. The van der Waals surface area contributed by atoms with Crippen LogP contribution < -0.4 is 11.1 Å². The summed E-state index contributed by atoms with van der Waals surface area (Å²) in [5, 5.41) is 11.2. The van der Waals surface area contributed by atoms with E-state index < -0.39 is 17.8 Å². The van der Waals surface area contributed by atoms with Gasteiger partial charge in [-0.05, 0) is 31.0 Å². The van der Waals surface area contributed by atoms with Crippen molar-refractivity contribution in [2.24, 2.45) is 5.73 Å². The van der Waals surface area contributed by atoms with Crippen molar-refractivity contribution >= 4 is 17.7 Å². The van der Waals surface area contributed by atoms with E-state index >= 15 is 0 Å². The Labute approximate surface area is 115 Å². The summed E-state index contributed by atoms with van der Waals surface area (Å²) in [6, 6.07) is 3.06. The van der Waals surface area contributed by atoms with E-state index in [9.17, 15) is 14.0 Å². The van der Waals surface area contributed by atoms with Gasteiger partial charge < -0.3 is 21.1 Å². The van der Waals surface area contributed by atoms with E-state index in [-0.39, 0.29) is 17.3 Å². The van der Waals surface area contributed by atoms with Gasteiger partial charge in [-0.25, -0.2) is 14.0 Å². The largest absolute Gasteiger partial charge is 0.478 e. The number of carbonyl (C=O) groups excluding carboxylic acids is 1. The highest BCUT2D eigenvalue weighted by atomic mass is 19.1. The third kappa shape index (κ3) is 3.24. The summed E-state index contributed by atoms with van der Waals surface area (Å²) in [5.74, 6) is -1.99. The molecule has 1 aromatic carbocycles. The van der Waals surface area contributed by atoms with Gasteiger partial charge in [0, 0.05) is 19.1 Å². The first-order valence-corrected chi connectivity index (χ1v) is 6.31. The van der Waals surface area contributed by atoms with E-state index in [0.29, 0.717) is 25.9 Å². The molecule has 0 atom stereocenters. The minimum Gasteiger partial charge on any atom is -0.478 e. The highest BCUT2D eigenvalue weighted by molar-refractivity contribution is 5.91. The number of rotatable bonds is 2. The molecule has 0 spiro atoms. The average molecular weight is 281 g/mol. The van der Waals surface area contributed by atoms with Gasteiger partial charge in [-0.1, -0.05) is 0 Å². The number of carboxylic acid groups (broad SMARTS) is 1. The number of carboxylic acids is 1. The van der Waals surface area contributed by atoms with Crippen molar-refractivity contribution < 1.29 is 19.1 Å². The number of likely N-dealkylation sites (tertiary alicyclic amines) is 1. The zero-order valence-electron chi connectivity index (χ0n) is 10.8. The summed E-state index contributed by atoms with van der Waals surface area (Å²) in [6.45, 7) is 1.06. The van der Waals surface area contributed by atoms with Crippen LogP contribution >= 0.6 is 0 Å². The third-order valence-corrected chi connectivity index (χ3v) is 3.28. The predicted molar refractivity (Wildman–Crippen MR) is 71.2 cm³/mol. The van der Waals surface area contributed by atoms with Gasteiger partial charge in [-0.15, -0.1) is 0 Å². The Morgan fingerprint density at radius 3 is 2.55 bits per heavy atom. The van der Waals surface area contributed by atoms with Crippen LogP contribution in [0.4, 0.5) is 14.9 Å². The number of benzene rings is 1. The number of urea groups is 1. The zero-order valence-corrected chi connectivity index (χ0v) is 10.8. The number of nitrogens with one attached hydrogen (secondary N) is 1. The molecule has 0 saturated carbocycles. The van der Waals surface area contributed by atoms with Gasteiger partial charge in [0.05, 0.1) is 11.3 Å². The van der Waals surface area contributed by atoms with Gasteiger partial charge in [0.15, 0.2) is 0 Å². The number of carbonyl (C=O) groups is 2. The molecule has 0 aliphatic carbocycles. The molecule has 0 radical (unpaired) electrons. The summed E-state index contributed by atoms with van der Waals surface area (Å²) in [4.78, 5) is 24.2. The molecule has 7 heteroatoms. The summed E-state index contributed by atoms with van der Waals surface area (Å²) < 4.78 is 13.7. The van der Waals surface area contributed by atoms with Gasteiger partial charge in [-0.3, -0.25) is 0 Å². The van der Waals surface area contributed by atoms with E-state index in [1.807, 2.05) is 0 Å². The molecule has 2 rings (SSSR count). The molecule has 6 nitrogen and oxygen atoms in total. The molecule has 1 saturated heterocycles. The van der Waals surface area contributed by atoms with Gasteiger partial charge in [-0.2, -0.15) is 0 Å². The molecular formula is C13H16FN3O3. The lowest BCUT2D eigenvalue weighted by Gasteiger charge is -2.30. The van der Waals surface area contributed by atoms with Crippen molar-refractivity contribution in [3.05, 3.63) is 29.6 Å². The fraction of sp³-hybridized carbons (Fsp3) is 0.385. The SMILES string of the molecule is NC1CCN(C(=O)Nc2ccc(C(=O)O)cc2F)CC1. The second-order valence-electron chi connectivity index (χ2n) is 4.75. The predicted octanol–water partition coefficient (Wildman–Crippen LogP) is 1.48. The highest BCUT2D eigenvalue weighted by Gasteiger charge is 2.21. The van der Waals surface area contributed by atoms with Gasteiger partial charge in [0.1, 0.15) is 5.82 Å². The lowest BCUT2D eigenvalue weighted by molar-refractivity contribution is 0.0696. The lowest BCUT2D eigenvalue weighted by Crippen LogP contribution is -2.44. The smallest absolute Gasteiger partial charge is 0.335 e. The molecule has 1 aliphatic rings. The second kappa shape index (κ2) is 5.87. The fourth-order valence-electron chi connectivity index (χ4n) is 2.05. The Morgan fingerprint density at radius 1 is 1.35 bits per heavy atom. The minimum absolute atomic E-state index is 0.0325. The van der Waals surface area contributed by atoms with Gasteiger partial charge >= 0.3 is 12.0 Å². The maximum Gasteiger partial charge on any atom is 0.335 e. The van der Waals surface area contributed by atoms with Crippen molar-refractivity contribution in [1.82, 2.24) is 4.90 Å². The molecule has 20 heavy (non-hydrogen) atoms. The first kappa shape index (κ1) is 14.3. The number of hydrogen-bond acceptors (Lipinski definition) is 3. The third-order valence-electron chi connectivity index (χ3n) is 3.28. The first-order valence-electron chi connectivity index (χ1n) is 6.31. The van der Waals surface area contributed by atoms with Crippen LogP contribution in [-0.2, 0) is 0 Å². The van der Waals surface area contributed by atoms with E-state index in [0.717, 1.165) is 6.07 Å². The van der Waals surface area contributed by atoms with E-state index in [1.165, 1.54) is 12.1 Å². The standard InChI is InChI=1S/C13H16FN3O3/c14-10-7-8(12(18)19)1-2-11(10)16-13(20)17-5-3-9(15)4-6-17/h1-2,7,9H,3-6,15H2,(H,16,20)(H,18,19). The number of aromatic carboxylic acids is 1. The van der Waals surface area contributed by atoms with Crippen LogP contribution in [0, 0.1) is 5.82 Å². The Morgan fingerprint density at radius 2 is 2.00 bits per heavy atom. The molecular weight excluding hydrogens is 265 g/mol. The quantitative estimate of drug-likeness (QED) is 0.765. The highest BCUT2D eigenvalue weighted by Crippen LogP contribution is 2.17. The molecule has 1 aliphatic heterocycles. The van der Waals surface area contributed by atoms with Gasteiger partial charge in [0.25, 0.3) is 0 Å². The number of anilines is 1. The Kier molecular flexibility index (Phi) is 4.19. The van der Waals surface area contributed by atoms with Crippen LogP contribution in [0.25, 0.3) is 0 Å². The van der Waals surface area contributed by atoms with Crippen LogP contribution in [0.5, 0.6) is 0 Å². The number of nitrogens with two attached hydrogens (primary N) is 1. The van der Waals surface area contributed by atoms with Crippen LogP contribution in [0.2, 0.25) is 0 Å². The molecule has 2 amide bonds. The Balaban J connectivity index is 2.02. The number of piperidine rings is 1. The van der Waals surface area contributed by atoms with Crippen molar-refractivity contribution in [2.45, 2.75) is 18.9 Å². The Hall–Kier alpha value is -2.15. The normalized spacial score (nSPS) is 16.0. The fourth-order valence-corrected chi connectivity index (χ4v) is 2.05. The maximum atomic E-state index is 13.7. The molecule has 0 aromatic heterocycles. The maximum absolute atomic E-state index is 13.7. The monoisotopic (exact) mass is 281 g/mol. The summed E-state index contributed by atoms with van der Waals surface area (Å²) in [5.41, 5.74) is 5.55. The molecule has 0 bridgehead atoms. The molecule has 4 N–H and O–H groups in total. The van der Waals surface area contributed by atoms with E-state index in [2.05, 4.69) is 5.32 Å². The van der Waals surface area contributed by atoms with Crippen molar-refractivity contribution in [3.8, 4) is 0 Å². The topological polar surface area (TPSA) is 95.7 Å². The van der Waals surface area contributed by atoms with Crippen LogP contribution in [0.3, 0.4) is 0 Å². The van der Waals surface area contributed by atoms with Crippen LogP contribution in [0.15, 0.2) is 18.2 Å². The summed E-state index contributed by atoms with van der Waals surface area (Å²) >= 11 is 0. The van der Waals surface area contributed by atoms with Crippen molar-refractivity contribution in [2.75, 3.05) is 18.4 Å². The van der Waals surface area contributed by atoms with Crippen LogP contribution in [-0.4, -0.2) is 41.1 Å². The molecule has 1 aromatic rings. The molecule has 108 valence electrons. The number of amides is 2. The first-order chi connectivity index (χ1) is 9.47. The molecule has 1 heterocycles. The zero-order chi connectivity index (χ0) is 14.7. The second-order valence-corrected chi connectivity index (χ2v) is 4.75. The molecule has 0 unspecified atom stereocenters. The van der Waals surface area contributed by atoms with Crippen molar-refractivity contribution in [3.63, 3.8) is 0 Å².